The molecule has 122 valence electrons. The van der Waals surface area contributed by atoms with Gasteiger partial charge in [0.05, 0.1) is 10.6 Å². The van der Waals surface area contributed by atoms with Crippen molar-refractivity contribution in [1.82, 2.24) is 10.2 Å². The zero-order valence-corrected chi connectivity index (χ0v) is 14.1. The first kappa shape index (κ1) is 17.0. The molecule has 0 radical (unpaired) electrons. The molecule has 0 aromatic heterocycles. The summed E-state index contributed by atoms with van der Waals surface area (Å²) in [6.45, 7) is 3.14. The van der Waals surface area contributed by atoms with Crippen LogP contribution in [0.4, 0.5) is 4.79 Å². The Labute approximate surface area is 141 Å². The lowest BCUT2D eigenvalue weighted by Gasteiger charge is -2.11. The summed E-state index contributed by atoms with van der Waals surface area (Å²) in [4.78, 5) is 35.0. The lowest BCUT2D eigenvalue weighted by atomic mass is 10.2. The molecule has 1 saturated heterocycles. The van der Waals surface area contributed by atoms with Gasteiger partial charge in [-0.1, -0.05) is 6.07 Å². The van der Waals surface area contributed by atoms with Crippen molar-refractivity contribution in [1.29, 1.82) is 0 Å². The number of carbonyl (C=O) groups excluding carboxylic acids is 2. The van der Waals surface area contributed by atoms with E-state index in [0.717, 1.165) is 0 Å². The highest BCUT2D eigenvalue weighted by molar-refractivity contribution is 9.10. The van der Waals surface area contributed by atoms with E-state index in [1.165, 1.54) is 6.08 Å². The van der Waals surface area contributed by atoms with Crippen LogP contribution < -0.4 is 10.1 Å². The maximum absolute atomic E-state index is 12.0. The summed E-state index contributed by atoms with van der Waals surface area (Å²) in [6, 6.07) is 4.47. The predicted molar refractivity (Wildman–Crippen MR) is 85.8 cm³/mol. The van der Waals surface area contributed by atoms with Gasteiger partial charge in [0.2, 0.25) is 0 Å². The van der Waals surface area contributed by atoms with Gasteiger partial charge >= 0.3 is 12.0 Å². The zero-order chi connectivity index (χ0) is 17.1. The number of hydrogen-bond donors (Lipinski definition) is 2. The fourth-order valence-corrected chi connectivity index (χ4v) is 2.46. The van der Waals surface area contributed by atoms with Crippen molar-refractivity contribution in [2.45, 2.75) is 20.0 Å². The van der Waals surface area contributed by atoms with Gasteiger partial charge in [0, 0.05) is 0 Å². The standard InChI is InChI=1S/C15H15BrN2O5/c1-8(2)23-12-4-3-9(5-10(12)16)6-11-14(21)18(7-13(19)20)15(22)17-11/h3-6,8H,7H2,1-2H3,(H,17,22)(H,19,20)/b11-6+. The van der Waals surface area contributed by atoms with Gasteiger partial charge in [-0.3, -0.25) is 9.59 Å². The molecule has 0 saturated carbocycles. The largest absolute Gasteiger partial charge is 0.490 e. The SMILES string of the molecule is CC(C)Oc1ccc(/C=C2/NC(=O)N(CC(=O)O)C2=O)cc1Br. The molecule has 23 heavy (non-hydrogen) atoms. The first-order valence-electron chi connectivity index (χ1n) is 6.80. The average molecular weight is 383 g/mol. The minimum absolute atomic E-state index is 0.0239. The second kappa shape index (κ2) is 6.82. The van der Waals surface area contributed by atoms with Gasteiger partial charge in [-0.05, 0) is 53.5 Å². The quantitative estimate of drug-likeness (QED) is 0.601. The number of aliphatic carboxylic acids is 1. The van der Waals surface area contributed by atoms with E-state index in [1.807, 2.05) is 13.8 Å². The van der Waals surface area contributed by atoms with Crippen LogP contribution in [0, 0.1) is 0 Å². The number of ether oxygens (including phenoxy) is 1. The van der Waals surface area contributed by atoms with Crippen LogP contribution in [0.2, 0.25) is 0 Å². The van der Waals surface area contributed by atoms with Gasteiger partial charge in [-0.25, -0.2) is 9.69 Å². The van der Waals surface area contributed by atoms with Crippen molar-refractivity contribution in [3.05, 3.63) is 33.9 Å². The second-order valence-electron chi connectivity index (χ2n) is 5.13. The van der Waals surface area contributed by atoms with E-state index in [4.69, 9.17) is 9.84 Å². The van der Waals surface area contributed by atoms with Crippen molar-refractivity contribution in [2.75, 3.05) is 6.54 Å². The third-order valence-corrected chi connectivity index (χ3v) is 3.51. The Hall–Kier alpha value is -2.35. The minimum Gasteiger partial charge on any atom is -0.490 e. The molecule has 2 N–H and O–H groups in total. The summed E-state index contributed by atoms with van der Waals surface area (Å²) in [6.07, 6.45) is 1.50. The van der Waals surface area contributed by atoms with Crippen LogP contribution in [0.25, 0.3) is 6.08 Å². The van der Waals surface area contributed by atoms with Crippen molar-refractivity contribution >= 4 is 39.9 Å². The number of nitrogens with zero attached hydrogens (tertiary/aromatic N) is 1. The van der Waals surface area contributed by atoms with E-state index in [-0.39, 0.29) is 11.8 Å². The van der Waals surface area contributed by atoms with Crippen LogP contribution in [-0.4, -0.2) is 40.6 Å². The van der Waals surface area contributed by atoms with Crippen molar-refractivity contribution in [3.63, 3.8) is 0 Å². The Bertz CT molecular complexity index is 699. The molecule has 0 aliphatic carbocycles. The van der Waals surface area contributed by atoms with Crippen LogP contribution in [0.1, 0.15) is 19.4 Å². The van der Waals surface area contributed by atoms with Gasteiger partial charge in [0.1, 0.15) is 18.0 Å². The smallest absolute Gasteiger partial charge is 0.329 e. The van der Waals surface area contributed by atoms with E-state index >= 15 is 0 Å². The molecule has 1 aromatic carbocycles. The van der Waals surface area contributed by atoms with Gasteiger partial charge in [-0.15, -0.1) is 0 Å². The predicted octanol–water partition coefficient (Wildman–Crippen LogP) is 2.21. The topological polar surface area (TPSA) is 95.9 Å². The molecule has 1 aromatic rings. The number of carboxylic acid groups (broad SMARTS) is 1. The van der Waals surface area contributed by atoms with Gasteiger partial charge < -0.3 is 15.2 Å². The first-order valence-corrected chi connectivity index (χ1v) is 7.59. The fourth-order valence-electron chi connectivity index (χ4n) is 1.97. The Balaban J connectivity index is 2.22. The number of benzene rings is 1. The number of carbonyl (C=O) groups is 3. The maximum atomic E-state index is 12.0. The number of amides is 3. The molecule has 3 amide bonds. The van der Waals surface area contributed by atoms with Crippen LogP contribution in [0.15, 0.2) is 28.4 Å². The van der Waals surface area contributed by atoms with Gasteiger partial charge in [0.15, 0.2) is 0 Å². The summed E-state index contributed by atoms with van der Waals surface area (Å²) in [7, 11) is 0. The van der Waals surface area contributed by atoms with Crippen LogP contribution in [-0.2, 0) is 9.59 Å². The highest BCUT2D eigenvalue weighted by atomic mass is 79.9. The minimum atomic E-state index is -1.26. The number of halogens is 1. The van der Waals surface area contributed by atoms with Gasteiger partial charge in [-0.2, -0.15) is 0 Å². The molecule has 0 unspecified atom stereocenters. The van der Waals surface area contributed by atoms with E-state index < -0.39 is 24.5 Å². The second-order valence-corrected chi connectivity index (χ2v) is 5.98. The molecule has 1 aliphatic rings. The molecule has 1 fully saturated rings. The molecular formula is C15H15BrN2O5. The van der Waals surface area contributed by atoms with E-state index in [1.54, 1.807) is 18.2 Å². The Kier molecular flexibility index (Phi) is 5.05. The fraction of sp³-hybridized carbons (Fsp3) is 0.267. The summed E-state index contributed by atoms with van der Waals surface area (Å²) < 4.78 is 6.30. The molecule has 7 nitrogen and oxygen atoms in total. The number of imide groups is 1. The van der Waals surface area contributed by atoms with E-state index in [0.29, 0.717) is 20.7 Å². The Morgan fingerprint density at radius 3 is 2.70 bits per heavy atom. The Morgan fingerprint density at radius 1 is 1.43 bits per heavy atom. The molecule has 8 heteroatoms. The van der Waals surface area contributed by atoms with E-state index in [9.17, 15) is 14.4 Å². The summed E-state index contributed by atoms with van der Waals surface area (Å²) in [5.74, 6) is -1.26. The van der Waals surface area contributed by atoms with Crippen molar-refractivity contribution in [2.24, 2.45) is 0 Å². The van der Waals surface area contributed by atoms with E-state index in [2.05, 4.69) is 21.2 Å². The number of urea groups is 1. The molecule has 1 heterocycles. The highest BCUT2D eigenvalue weighted by Gasteiger charge is 2.34. The molecule has 0 atom stereocenters. The maximum Gasteiger partial charge on any atom is 0.329 e. The molecule has 1 aliphatic heterocycles. The van der Waals surface area contributed by atoms with Crippen molar-refractivity contribution in [3.8, 4) is 5.75 Å². The highest BCUT2D eigenvalue weighted by Crippen LogP contribution is 2.28. The molecule has 0 bridgehead atoms. The van der Waals surface area contributed by atoms with Crippen LogP contribution >= 0.6 is 15.9 Å². The normalized spacial score (nSPS) is 16.2. The molecular weight excluding hydrogens is 368 g/mol. The number of hydrogen-bond acceptors (Lipinski definition) is 4. The monoisotopic (exact) mass is 382 g/mol. The third-order valence-electron chi connectivity index (χ3n) is 2.89. The lowest BCUT2D eigenvalue weighted by molar-refractivity contribution is -0.140. The Morgan fingerprint density at radius 2 is 2.13 bits per heavy atom. The van der Waals surface area contributed by atoms with Crippen molar-refractivity contribution < 1.29 is 24.2 Å². The lowest BCUT2D eigenvalue weighted by Crippen LogP contribution is -2.35. The molecule has 2 rings (SSSR count). The average Bonchev–Trinajstić information content (AvgIpc) is 2.69. The number of rotatable bonds is 5. The number of carboxylic acids is 1. The summed E-state index contributed by atoms with van der Waals surface area (Å²) in [5, 5.41) is 11.1. The number of nitrogens with one attached hydrogen (secondary N) is 1. The van der Waals surface area contributed by atoms with Crippen LogP contribution in [0.3, 0.4) is 0 Å². The third kappa shape index (κ3) is 4.10. The summed E-state index contributed by atoms with van der Waals surface area (Å²) in [5.41, 5.74) is 0.689. The van der Waals surface area contributed by atoms with Crippen LogP contribution in [0.5, 0.6) is 5.75 Å². The van der Waals surface area contributed by atoms with Gasteiger partial charge in [0.25, 0.3) is 5.91 Å². The zero-order valence-electron chi connectivity index (χ0n) is 12.5. The first-order chi connectivity index (χ1) is 10.8. The molecule has 0 spiro atoms. The summed E-state index contributed by atoms with van der Waals surface area (Å²) >= 11 is 3.38.